The second-order valence-corrected chi connectivity index (χ2v) is 9.67. The molecule has 1 saturated heterocycles. The van der Waals surface area contributed by atoms with Crippen LogP contribution in [0.5, 0.6) is 5.75 Å². The van der Waals surface area contributed by atoms with Crippen LogP contribution < -0.4 is 15.0 Å². The number of carbonyl (C=O) groups excluding carboxylic acids is 1. The van der Waals surface area contributed by atoms with E-state index in [0.717, 1.165) is 31.9 Å². The Morgan fingerprint density at radius 2 is 1.76 bits per heavy atom. The van der Waals surface area contributed by atoms with Crippen molar-refractivity contribution in [3.05, 3.63) is 46.7 Å². The minimum atomic E-state index is -0.388. The normalized spacial score (nSPS) is 17.6. The van der Waals surface area contributed by atoms with E-state index in [1.54, 1.807) is 18.4 Å². The number of rotatable bonds is 6. The summed E-state index contributed by atoms with van der Waals surface area (Å²) in [4.78, 5) is 18.8. The van der Waals surface area contributed by atoms with Gasteiger partial charge in [0.2, 0.25) is 5.91 Å². The Morgan fingerprint density at radius 3 is 2.28 bits per heavy atom. The van der Waals surface area contributed by atoms with Crippen molar-refractivity contribution in [2.75, 3.05) is 38.2 Å². The minimum Gasteiger partial charge on any atom is -0.497 e. The van der Waals surface area contributed by atoms with Crippen LogP contribution in [0.4, 0.5) is 5.69 Å². The first-order valence-corrected chi connectivity index (χ1v) is 11.1. The first kappa shape index (κ1) is 21.7. The average Bonchev–Trinajstić information content (AvgIpc) is 3.22. The van der Waals surface area contributed by atoms with Crippen molar-refractivity contribution in [1.29, 1.82) is 0 Å². The number of benzene rings is 1. The topological polar surface area (TPSA) is 44.8 Å². The van der Waals surface area contributed by atoms with Crippen LogP contribution in [0.25, 0.3) is 0 Å². The maximum atomic E-state index is 12.6. The fourth-order valence-corrected chi connectivity index (χ4v) is 4.72. The van der Waals surface area contributed by atoms with E-state index in [-0.39, 0.29) is 23.4 Å². The smallest absolute Gasteiger partial charge is 0.225 e. The molecule has 29 heavy (non-hydrogen) atoms. The zero-order valence-electron chi connectivity index (χ0n) is 18.1. The Hall–Kier alpha value is -2.05. The van der Waals surface area contributed by atoms with Gasteiger partial charge in [-0.15, -0.1) is 11.3 Å². The van der Waals surface area contributed by atoms with E-state index in [1.807, 2.05) is 32.9 Å². The number of methoxy groups -OCH3 is 1. The molecule has 2 aromatic rings. The number of thiophene rings is 1. The summed E-state index contributed by atoms with van der Waals surface area (Å²) in [5.41, 5.74) is 0.841. The Kier molecular flexibility index (Phi) is 6.85. The van der Waals surface area contributed by atoms with Gasteiger partial charge in [-0.3, -0.25) is 9.69 Å². The molecule has 0 bridgehead atoms. The van der Waals surface area contributed by atoms with Crippen LogP contribution in [0.2, 0.25) is 0 Å². The zero-order chi connectivity index (χ0) is 21.0. The summed E-state index contributed by atoms with van der Waals surface area (Å²) in [5.74, 6) is 0.983. The second-order valence-electron chi connectivity index (χ2n) is 8.69. The predicted octanol–water partition coefficient (Wildman–Crippen LogP) is 4.17. The highest BCUT2D eigenvalue weighted by Gasteiger charge is 2.32. The molecule has 6 heteroatoms. The van der Waals surface area contributed by atoms with Gasteiger partial charge in [-0.1, -0.05) is 26.8 Å². The molecule has 1 amide bonds. The van der Waals surface area contributed by atoms with Crippen LogP contribution in [0.3, 0.4) is 0 Å². The zero-order valence-corrected chi connectivity index (χ0v) is 19.0. The molecule has 5 nitrogen and oxygen atoms in total. The molecule has 0 aliphatic carbocycles. The van der Waals surface area contributed by atoms with Crippen molar-refractivity contribution < 1.29 is 9.53 Å². The SMILES string of the molecule is COc1ccc(N2CCN([C@H](c3cccs3)[C@H](C)NC(=O)C(C)(C)C)CC2)cc1. The van der Waals surface area contributed by atoms with Gasteiger partial charge in [0.1, 0.15) is 5.75 Å². The lowest BCUT2D eigenvalue weighted by Crippen LogP contribution is -2.53. The van der Waals surface area contributed by atoms with Gasteiger partial charge in [0.25, 0.3) is 0 Å². The standard InChI is InChI=1S/C23H33N3O2S/c1-17(24-22(27)23(2,3)4)21(20-7-6-16-29-20)26-14-12-25(13-15-26)18-8-10-19(28-5)11-9-18/h6-11,16-17,21H,12-15H2,1-5H3,(H,24,27)/t17-,21-/m0/s1. The van der Waals surface area contributed by atoms with Crippen LogP contribution in [0.15, 0.2) is 41.8 Å². The lowest BCUT2D eigenvalue weighted by atomic mass is 9.94. The molecule has 0 unspecified atom stereocenters. The number of anilines is 1. The first-order valence-electron chi connectivity index (χ1n) is 10.3. The molecule has 2 heterocycles. The molecule has 1 aromatic heterocycles. The van der Waals surface area contributed by atoms with Crippen LogP contribution >= 0.6 is 11.3 Å². The largest absolute Gasteiger partial charge is 0.497 e. The molecule has 0 spiro atoms. The van der Waals surface area contributed by atoms with E-state index in [4.69, 9.17) is 4.74 Å². The van der Waals surface area contributed by atoms with Gasteiger partial charge in [0, 0.05) is 48.2 Å². The fraction of sp³-hybridized carbons (Fsp3) is 0.522. The fourth-order valence-electron chi connectivity index (χ4n) is 3.76. The summed E-state index contributed by atoms with van der Waals surface area (Å²) in [6, 6.07) is 12.8. The Morgan fingerprint density at radius 1 is 1.10 bits per heavy atom. The van der Waals surface area contributed by atoms with Crippen molar-refractivity contribution in [1.82, 2.24) is 10.2 Å². The molecule has 1 aromatic carbocycles. The molecule has 1 N–H and O–H groups in total. The first-order chi connectivity index (χ1) is 13.8. The van der Waals surface area contributed by atoms with Crippen molar-refractivity contribution in [2.45, 2.75) is 39.8 Å². The van der Waals surface area contributed by atoms with Crippen molar-refractivity contribution in [3.63, 3.8) is 0 Å². The maximum Gasteiger partial charge on any atom is 0.225 e. The number of nitrogens with one attached hydrogen (secondary N) is 1. The molecule has 1 aliphatic rings. The highest BCUT2D eigenvalue weighted by Crippen LogP contribution is 2.31. The van der Waals surface area contributed by atoms with Crippen LogP contribution in [-0.4, -0.2) is 50.1 Å². The summed E-state index contributed by atoms with van der Waals surface area (Å²) in [6.45, 7) is 11.9. The van der Waals surface area contributed by atoms with Crippen LogP contribution in [-0.2, 0) is 4.79 Å². The number of ether oxygens (including phenoxy) is 1. The lowest BCUT2D eigenvalue weighted by Gasteiger charge is -2.42. The molecule has 1 fully saturated rings. The average molecular weight is 416 g/mol. The van der Waals surface area contributed by atoms with E-state index in [1.165, 1.54) is 10.6 Å². The van der Waals surface area contributed by atoms with Crippen LogP contribution in [0, 0.1) is 5.41 Å². The molecule has 0 saturated carbocycles. The molecular formula is C23H33N3O2S. The summed E-state index contributed by atoms with van der Waals surface area (Å²) in [5, 5.41) is 5.38. The lowest BCUT2D eigenvalue weighted by molar-refractivity contribution is -0.129. The van der Waals surface area contributed by atoms with Gasteiger partial charge >= 0.3 is 0 Å². The number of hydrogen-bond acceptors (Lipinski definition) is 5. The van der Waals surface area contributed by atoms with E-state index in [2.05, 4.69) is 51.7 Å². The van der Waals surface area contributed by atoms with Gasteiger partial charge in [-0.25, -0.2) is 0 Å². The molecule has 2 atom stereocenters. The molecule has 1 aliphatic heterocycles. The van der Waals surface area contributed by atoms with Crippen molar-refractivity contribution in [3.8, 4) is 5.75 Å². The van der Waals surface area contributed by atoms with Crippen molar-refractivity contribution in [2.24, 2.45) is 5.41 Å². The number of carbonyl (C=O) groups is 1. The van der Waals surface area contributed by atoms with Crippen molar-refractivity contribution >= 4 is 22.9 Å². The molecule has 158 valence electrons. The van der Waals surface area contributed by atoms with E-state index in [0.29, 0.717) is 0 Å². The quantitative estimate of drug-likeness (QED) is 0.769. The number of amides is 1. The van der Waals surface area contributed by atoms with Crippen LogP contribution in [0.1, 0.15) is 38.6 Å². The third-order valence-electron chi connectivity index (χ3n) is 5.49. The van der Waals surface area contributed by atoms with Gasteiger partial charge in [0.15, 0.2) is 0 Å². The number of piperazine rings is 1. The summed E-state index contributed by atoms with van der Waals surface area (Å²) < 4.78 is 5.27. The third-order valence-corrected chi connectivity index (χ3v) is 6.44. The predicted molar refractivity (Wildman–Crippen MR) is 121 cm³/mol. The third kappa shape index (κ3) is 5.31. The molecular weight excluding hydrogens is 382 g/mol. The van der Waals surface area contributed by atoms with Gasteiger partial charge in [0.05, 0.1) is 13.2 Å². The minimum absolute atomic E-state index is 0.0490. The van der Waals surface area contributed by atoms with Gasteiger partial charge in [-0.05, 0) is 42.6 Å². The Balaban J connectivity index is 1.69. The second kappa shape index (κ2) is 9.18. The summed E-state index contributed by atoms with van der Waals surface area (Å²) in [7, 11) is 1.69. The summed E-state index contributed by atoms with van der Waals surface area (Å²) >= 11 is 1.77. The van der Waals surface area contributed by atoms with Gasteiger partial charge in [-0.2, -0.15) is 0 Å². The highest BCUT2D eigenvalue weighted by molar-refractivity contribution is 7.10. The molecule has 3 rings (SSSR count). The summed E-state index contributed by atoms with van der Waals surface area (Å²) in [6.07, 6.45) is 0. The van der Waals surface area contributed by atoms with E-state index < -0.39 is 0 Å². The number of hydrogen-bond donors (Lipinski definition) is 1. The highest BCUT2D eigenvalue weighted by atomic mass is 32.1. The Labute approximate surface area is 178 Å². The monoisotopic (exact) mass is 415 g/mol. The Bertz CT molecular complexity index is 775. The number of nitrogens with zero attached hydrogens (tertiary/aromatic N) is 2. The van der Waals surface area contributed by atoms with Gasteiger partial charge < -0.3 is 15.0 Å². The van der Waals surface area contributed by atoms with E-state index in [9.17, 15) is 4.79 Å². The molecule has 0 radical (unpaired) electrons. The van der Waals surface area contributed by atoms with E-state index >= 15 is 0 Å². The maximum absolute atomic E-state index is 12.6.